The van der Waals surface area contributed by atoms with Gasteiger partial charge < -0.3 is 10.1 Å². The molecule has 0 N–H and O–H groups in total. The Balaban J connectivity index is 3.26. The molecule has 7 heteroatoms. The van der Waals surface area contributed by atoms with E-state index in [1.807, 2.05) is 0 Å². The molecule has 0 aliphatic carbocycles. The summed E-state index contributed by atoms with van der Waals surface area (Å²) in [6.45, 7) is 0. The van der Waals surface area contributed by atoms with Crippen LogP contribution in [0.3, 0.4) is 0 Å². The molecule has 0 fully saturated rings. The molecule has 0 saturated carbocycles. The Morgan fingerprint density at radius 2 is 2.42 bits per heavy atom. The summed E-state index contributed by atoms with van der Waals surface area (Å²) in [6.07, 6.45) is 0. The van der Waals surface area contributed by atoms with Crippen molar-refractivity contribution in [2.45, 2.75) is 5.88 Å². The average Bonchev–Trinajstić information content (AvgIpc) is 2.27. The molecule has 5 nitrogen and oxygen atoms in total. The number of halogens is 2. The second kappa shape index (κ2) is 3.40. The molecular formula is C5H5BrClN3O2. The third-order valence-corrected chi connectivity index (χ3v) is 2.32. The summed E-state index contributed by atoms with van der Waals surface area (Å²) in [5.41, 5.74) is 0.600. The van der Waals surface area contributed by atoms with Gasteiger partial charge in [0.25, 0.3) is 0 Å². The lowest BCUT2D eigenvalue weighted by Crippen LogP contribution is -2.00. The normalized spacial score (nSPS) is 10.2. The van der Waals surface area contributed by atoms with Crippen LogP contribution in [0.25, 0.3) is 0 Å². The summed E-state index contributed by atoms with van der Waals surface area (Å²) < 4.78 is 1.77. The van der Waals surface area contributed by atoms with E-state index in [0.717, 1.165) is 0 Å². The summed E-state index contributed by atoms with van der Waals surface area (Å²) in [5.74, 6) is -0.0182. The number of alkyl halides is 1. The van der Waals surface area contributed by atoms with Crippen LogP contribution in [0.1, 0.15) is 5.69 Å². The average molecular weight is 254 g/mol. The van der Waals surface area contributed by atoms with Gasteiger partial charge in [-0.15, -0.1) is 11.6 Å². The van der Waals surface area contributed by atoms with Gasteiger partial charge in [-0.25, -0.2) is 4.57 Å². The third-order valence-electron chi connectivity index (χ3n) is 1.43. The molecule has 1 aromatic heterocycles. The highest BCUT2D eigenvalue weighted by atomic mass is 79.9. The first-order chi connectivity index (χ1) is 5.57. The Bertz CT molecular complexity index is 325. The van der Waals surface area contributed by atoms with Crippen LogP contribution in [0.4, 0.5) is 5.95 Å². The Morgan fingerprint density at radius 1 is 1.83 bits per heavy atom. The maximum absolute atomic E-state index is 10.4. The Morgan fingerprint density at radius 3 is 2.67 bits per heavy atom. The van der Waals surface area contributed by atoms with E-state index in [1.54, 1.807) is 7.05 Å². The Labute approximate surface area is 81.6 Å². The van der Waals surface area contributed by atoms with Crippen LogP contribution in [0.2, 0.25) is 0 Å². The summed E-state index contributed by atoms with van der Waals surface area (Å²) in [6, 6.07) is 0. The minimum atomic E-state index is -0.555. The number of nitro groups is 1. The predicted octanol–water partition coefficient (Wildman–Crippen LogP) is 1.83. The number of hydrogen-bond donors (Lipinski definition) is 0. The van der Waals surface area contributed by atoms with E-state index in [1.165, 1.54) is 4.57 Å². The first-order valence-electron chi connectivity index (χ1n) is 2.99. The van der Waals surface area contributed by atoms with Crippen LogP contribution < -0.4 is 0 Å². The van der Waals surface area contributed by atoms with E-state index in [0.29, 0.717) is 10.3 Å². The SMILES string of the molecule is Cn1c([N+](=O)[O-])nc(Br)c1CCl. The Hall–Kier alpha value is -0.620. The summed E-state index contributed by atoms with van der Waals surface area (Å²) in [7, 11) is 1.55. The molecule has 12 heavy (non-hydrogen) atoms. The molecule has 0 bridgehead atoms. The van der Waals surface area contributed by atoms with Gasteiger partial charge >= 0.3 is 5.95 Å². The third kappa shape index (κ3) is 1.44. The maximum atomic E-state index is 10.4. The highest BCUT2D eigenvalue weighted by Gasteiger charge is 2.21. The number of rotatable bonds is 2. The first-order valence-corrected chi connectivity index (χ1v) is 4.32. The molecule has 66 valence electrons. The van der Waals surface area contributed by atoms with E-state index >= 15 is 0 Å². The van der Waals surface area contributed by atoms with Gasteiger partial charge in [0.05, 0.1) is 12.9 Å². The van der Waals surface area contributed by atoms with Gasteiger partial charge in [0, 0.05) is 0 Å². The van der Waals surface area contributed by atoms with Crippen molar-refractivity contribution in [2.24, 2.45) is 7.05 Å². The summed E-state index contributed by atoms with van der Waals surface area (Å²) in [5, 5.41) is 10.4. The van der Waals surface area contributed by atoms with Crippen LogP contribution in [0.5, 0.6) is 0 Å². The van der Waals surface area contributed by atoms with E-state index in [4.69, 9.17) is 11.6 Å². The lowest BCUT2D eigenvalue weighted by Gasteiger charge is -1.94. The van der Waals surface area contributed by atoms with Crippen LogP contribution in [-0.2, 0) is 12.9 Å². The van der Waals surface area contributed by atoms with Gasteiger partial charge in [0.2, 0.25) is 4.60 Å². The first kappa shape index (κ1) is 9.47. The highest BCUT2D eigenvalue weighted by molar-refractivity contribution is 9.10. The molecule has 1 heterocycles. The monoisotopic (exact) mass is 253 g/mol. The van der Waals surface area contributed by atoms with Gasteiger partial charge in [-0.1, -0.05) is 4.98 Å². The molecule has 1 aromatic rings. The van der Waals surface area contributed by atoms with Crippen molar-refractivity contribution in [3.63, 3.8) is 0 Å². The molecule has 0 aliphatic heterocycles. The largest absolute Gasteiger partial charge is 0.435 e. The molecule has 0 unspecified atom stereocenters. The zero-order chi connectivity index (χ0) is 9.30. The van der Waals surface area contributed by atoms with E-state index in [2.05, 4.69) is 20.9 Å². The van der Waals surface area contributed by atoms with Crippen molar-refractivity contribution in [3.8, 4) is 0 Å². The fourth-order valence-electron chi connectivity index (χ4n) is 0.794. The van der Waals surface area contributed by atoms with Crippen molar-refractivity contribution in [3.05, 3.63) is 20.4 Å². The van der Waals surface area contributed by atoms with E-state index < -0.39 is 4.92 Å². The fourth-order valence-corrected chi connectivity index (χ4v) is 1.83. The summed E-state index contributed by atoms with van der Waals surface area (Å²) in [4.78, 5) is 13.5. The quantitative estimate of drug-likeness (QED) is 0.459. The van der Waals surface area contributed by atoms with E-state index in [9.17, 15) is 10.1 Å². The van der Waals surface area contributed by atoms with Gasteiger partial charge in [0.15, 0.2) is 0 Å². The molecule has 0 atom stereocenters. The lowest BCUT2D eigenvalue weighted by atomic mass is 10.5. The molecule has 1 rings (SSSR count). The number of nitrogens with zero attached hydrogens (tertiary/aromatic N) is 3. The summed E-state index contributed by atoms with van der Waals surface area (Å²) >= 11 is 8.62. The van der Waals surface area contributed by atoms with Crippen LogP contribution >= 0.6 is 27.5 Å². The van der Waals surface area contributed by atoms with Crippen LogP contribution in [0, 0.1) is 10.1 Å². The molecular weight excluding hydrogens is 249 g/mol. The Kier molecular flexibility index (Phi) is 2.69. The minimum absolute atomic E-state index is 0.192. The van der Waals surface area contributed by atoms with E-state index in [-0.39, 0.29) is 11.8 Å². The minimum Gasteiger partial charge on any atom is -0.390 e. The molecule has 0 radical (unpaired) electrons. The predicted molar refractivity (Wildman–Crippen MR) is 47.1 cm³/mol. The zero-order valence-electron chi connectivity index (χ0n) is 6.12. The standard InChI is InChI=1S/C5H5BrClN3O2/c1-9-3(2-7)4(6)8-5(9)10(11)12/h2H2,1H3. The molecule has 0 amide bonds. The van der Waals surface area contributed by atoms with Crippen molar-refractivity contribution < 1.29 is 4.92 Å². The van der Waals surface area contributed by atoms with Gasteiger partial charge in [0.1, 0.15) is 5.69 Å². The number of hydrogen-bond acceptors (Lipinski definition) is 3. The van der Waals surface area contributed by atoms with Gasteiger partial charge in [-0.3, -0.25) is 0 Å². The second-order valence-electron chi connectivity index (χ2n) is 2.10. The lowest BCUT2D eigenvalue weighted by molar-refractivity contribution is -0.396. The molecule has 0 spiro atoms. The topological polar surface area (TPSA) is 61.0 Å². The number of imidazole rings is 1. The van der Waals surface area contributed by atoms with Crippen LogP contribution in [-0.4, -0.2) is 14.5 Å². The van der Waals surface area contributed by atoms with Crippen LogP contribution in [0.15, 0.2) is 4.60 Å². The zero-order valence-corrected chi connectivity index (χ0v) is 8.46. The maximum Gasteiger partial charge on any atom is 0.435 e. The van der Waals surface area contributed by atoms with Gasteiger partial charge in [-0.05, 0) is 20.9 Å². The van der Waals surface area contributed by atoms with Crippen molar-refractivity contribution in [1.82, 2.24) is 9.55 Å². The smallest absolute Gasteiger partial charge is 0.390 e. The molecule has 0 saturated heterocycles. The number of aromatic nitrogens is 2. The van der Waals surface area contributed by atoms with Gasteiger partial charge in [-0.2, -0.15) is 0 Å². The molecule has 0 aliphatic rings. The van der Waals surface area contributed by atoms with Crippen molar-refractivity contribution >= 4 is 33.5 Å². The van der Waals surface area contributed by atoms with Crippen molar-refractivity contribution in [2.75, 3.05) is 0 Å². The second-order valence-corrected chi connectivity index (χ2v) is 3.12. The molecule has 0 aromatic carbocycles. The highest BCUT2D eigenvalue weighted by Crippen LogP contribution is 2.22. The van der Waals surface area contributed by atoms with Crippen molar-refractivity contribution in [1.29, 1.82) is 0 Å². The fraction of sp³-hybridized carbons (Fsp3) is 0.400.